The molecular weight excluding hydrogens is 300 g/mol. The van der Waals surface area contributed by atoms with Crippen LogP contribution < -0.4 is 0 Å². The summed E-state index contributed by atoms with van der Waals surface area (Å²) < 4.78 is 58.2. The second kappa shape index (κ2) is 8.19. The number of ether oxygens (including phenoxy) is 1. The summed E-state index contributed by atoms with van der Waals surface area (Å²) in [7, 11) is -7.18. The van der Waals surface area contributed by atoms with Crippen LogP contribution in [0.5, 0.6) is 0 Å². The first-order valence-electron chi connectivity index (χ1n) is 4.64. The fourth-order valence-electron chi connectivity index (χ4n) is 0.791. The number of halogens is 2. The monoisotopic (exact) mass is 313 g/mol. The van der Waals surface area contributed by atoms with Crippen molar-refractivity contribution in [3.05, 3.63) is 0 Å². The van der Waals surface area contributed by atoms with Gasteiger partial charge in [0.05, 0.1) is 23.9 Å². The molecule has 0 saturated carbocycles. The summed E-state index contributed by atoms with van der Waals surface area (Å²) in [5.41, 5.74) is 0. The zero-order valence-electron chi connectivity index (χ0n) is 9.07. The van der Waals surface area contributed by atoms with Gasteiger partial charge in [0.1, 0.15) is 6.61 Å². The van der Waals surface area contributed by atoms with E-state index in [0.29, 0.717) is 0 Å². The smallest absolute Gasteiger partial charge is 0.324 e. The lowest BCUT2D eigenvalue weighted by molar-refractivity contribution is -0.240. The average molecular weight is 313 g/mol. The van der Waals surface area contributed by atoms with Gasteiger partial charge in [-0.3, -0.25) is 4.57 Å². The highest BCUT2D eigenvalue weighted by Crippen LogP contribution is 2.38. The summed E-state index contributed by atoms with van der Waals surface area (Å²) in [5, 5.41) is 7.83. The highest BCUT2D eigenvalue weighted by molar-refractivity contribution is 7.51. The minimum atomic E-state index is -4.49. The van der Waals surface area contributed by atoms with E-state index in [4.69, 9.17) is 15.0 Å². The van der Waals surface area contributed by atoms with Crippen molar-refractivity contribution >= 4 is 15.9 Å². The Bertz CT molecular complexity index is 306. The molecule has 0 fully saturated rings. The largest absolute Gasteiger partial charge is 0.728 e. The van der Waals surface area contributed by atoms with Crippen LogP contribution in [0.1, 0.15) is 12.8 Å². The Labute approximate surface area is 102 Å². The van der Waals surface area contributed by atoms with E-state index < -0.39 is 41.1 Å². The molecule has 0 saturated heterocycles. The van der Waals surface area contributed by atoms with Gasteiger partial charge in [-0.05, 0) is 6.42 Å². The minimum absolute atomic E-state index is 0.0596. The maximum absolute atomic E-state index is 12.9. The quantitative estimate of drug-likeness (QED) is 0.241. The Balaban J connectivity index is 3.70. The highest BCUT2D eigenvalue weighted by Gasteiger charge is 2.33. The van der Waals surface area contributed by atoms with E-state index in [1.165, 1.54) is 0 Å². The van der Waals surface area contributed by atoms with Gasteiger partial charge in [-0.25, -0.2) is 5.26 Å². The number of hydrogen-bond acceptors (Lipinski definition) is 6. The van der Waals surface area contributed by atoms with E-state index in [1.54, 1.807) is 0 Å². The number of rotatable bonds is 10. The van der Waals surface area contributed by atoms with E-state index >= 15 is 0 Å². The van der Waals surface area contributed by atoms with Gasteiger partial charge in [-0.2, -0.15) is 8.78 Å². The lowest BCUT2D eigenvalue weighted by Gasteiger charge is -2.16. The van der Waals surface area contributed by atoms with E-state index in [1.807, 2.05) is 0 Å². The van der Waals surface area contributed by atoms with Gasteiger partial charge in [-0.1, -0.05) is 0 Å². The molecule has 3 N–H and O–H groups in total. The molecule has 1 unspecified atom stereocenters. The fourth-order valence-corrected chi connectivity index (χ4v) is 1.67. The Morgan fingerprint density at radius 1 is 1.28 bits per heavy atom. The molecule has 0 amide bonds. The van der Waals surface area contributed by atoms with E-state index in [0.717, 1.165) is 0 Å². The third-order valence-corrected chi connectivity index (χ3v) is 2.89. The SMILES string of the molecule is O=[P+](OO)OCCCOC(F)(F)CCP(=O)(O)O. The molecule has 0 heterocycles. The maximum atomic E-state index is 12.9. The molecule has 0 bridgehead atoms. The molecule has 0 aliphatic rings. The van der Waals surface area contributed by atoms with Gasteiger partial charge in [0.2, 0.25) is 0 Å². The van der Waals surface area contributed by atoms with Crippen LogP contribution in [-0.2, 0) is 23.1 Å². The van der Waals surface area contributed by atoms with E-state index in [-0.39, 0.29) is 13.0 Å². The molecule has 108 valence electrons. The van der Waals surface area contributed by atoms with Gasteiger partial charge < -0.3 is 14.5 Å². The minimum Gasteiger partial charge on any atom is -0.324 e. The van der Waals surface area contributed by atoms with Crippen molar-refractivity contribution in [2.75, 3.05) is 19.4 Å². The van der Waals surface area contributed by atoms with Crippen LogP contribution in [0.15, 0.2) is 0 Å². The van der Waals surface area contributed by atoms with Crippen molar-refractivity contribution in [3.8, 4) is 0 Å². The molecule has 0 rings (SSSR count). The third-order valence-electron chi connectivity index (χ3n) is 1.56. The van der Waals surface area contributed by atoms with Gasteiger partial charge >= 0.3 is 22.0 Å². The van der Waals surface area contributed by atoms with Crippen LogP contribution in [0.25, 0.3) is 0 Å². The summed E-state index contributed by atoms with van der Waals surface area (Å²) in [4.78, 5) is 16.8. The van der Waals surface area contributed by atoms with Gasteiger partial charge in [0.15, 0.2) is 0 Å². The molecular formula is C6H13F2O8P2+. The first-order valence-corrected chi connectivity index (χ1v) is 7.54. The maximum Gasteiger partial charge on any atom is 0.728 e. The second-order valence-corrected chi connectivity index (χ2v) is 5.76. The molecule has 0 radical (unpaired) electrons. The number of alkyl halides is 2. The Kier molecular flexibility index (Phi) is 8.16. The van der Waals surface area contributed by atoms with Crippen LogP contribution in [0.2, 0.25) is 0 Å². The fraction of sp³-hybridized carbons (Fsp3) is 1.00. The molecule has 0 aromatic heterocycles. The van der Waals surface area contributed by atoms with Gasteiger partial charge in [0.25, 0.3) is 0 Å². The Morgan fingerprint density at radius 2 is 1.89 bits per heavy atom. The molecule has 0 aliphatic heterocycles. The van der Waals surface area contributed by atoms with Gasteiger partial charge in [0, 0.05) is 4.57 Å². The topological polar surface area (TPSA) is 123 Å². The van der Waals surface area contributed by atoms with Crippen molar-refractivity contribution in [3.63, 3.8) is 0 Å². The first kappa shape index (κ1) is 17.9. The molecule has 0 aromatic rings. The summed E-state index contributed by atoms with van der Waals surface area (Å²) in [6.45, 7) is -0.715. The van der Waals surface area contributed by atoms with Crippen molar-refractivity contribution in [1.29, 1.82) is 0 Å². The van der Waals surface area contributed by atoms with Crippen molar-refractivity contribution < 1.29 is 46.9 Å². The zero-order chi connectivity index (χ0) is 14.2. The summed E-state index contributed by atoms with van der Waals surface area (Å²) in [5.74, 6) is 0. The molecule has 8 nitrogen and oxygen atoms in total. The molecule has 12 heteroatoms. The van der Waals surface area contributed by atoms with Crippen LogP contribution in [0.3, 0.4) is 0 Å². The zero-order valence-corrected chi connectivity index (χ0v) is 10.9. The van der Waals surface area contributed by atoms with E-state index in [9.17, 15) is 17.9 Å². The number of hydrogen-bond donors (Lipinski definition) is 3. The van der Waals surface area contributed by atoms with Crippen LogP contribution in [0, 0.1) is 0 Å². The lowest BCUT2D eigenvalue weighted by Crippen LogP contribution is -2.23. The van der Waals surface area contributed by atoms with Crippen LogP contribution in [-0.4, -0.2) is 40.5 Å². The lowest BCUT2D eigenvalue weighted by atomic mass is 10.4. The molecule has 0 aliphatic carbocycles. The predicted molar refractivity (Wildman–Crippen MR) is 54.3 cm³/mol. The van der Waals surface area contributed by atoms with Crippen LogP contribution >= 0.6 is 15.9 Å². The third kappa shape index (κ3) is 11.1. The second-order valence-electron chi connectivity index (χ2n) is 3.12. The summed E-state index contributed by atoms with van der Waals surface area (Å²) in [6, 6.07) is 0. The van der Waals surface area contributed by atoms with Crippen molar-refractivity contribution in [2.45, 2.75) is 19.0 Å². The highest BCUT2D eigenvalue weighted by atomic mass is 31.2. The van der Waals surface area contributed by atoms with Crippen molar-refractivity contribution in [2.24, 2.45) is 0 Å². The molecule has 0 spiro atoms. The Hall–Kier alpha value is -0.0500. The average Bonchev–Trinajstić information content (AvgIpc) is 2.25. The first-order chi connectivity index (χ1) is 8.16. The molecule has 0 aromatic carbocycles. The molecule has 18 heavy (non-hydrogen) atoms. The Morgan fingerprint density at radius 3 is 2.39 bits per heavy atom. The van der Waals surface area contributed by atoms with Crippen molar-refractivity contribution in [1.82, 2.24) is 0 Å². The summed E-state index contributed by atoms with van der Waals surface area (Å²) >= 11 is 0. The standard InChI is InChI=1S/C6H12F2O8P2/c7-6(8,2-5-18(11,12)13)14-3-1-4-15-17(10)16-9/h1-5H2,(H2-,9,11,12,13)/p+1. The van der Waals surface area contributed by atoms with E-state index in [2.05, 4.69) is 13.9 Å². The predicted octanol–water partition coefficient (Wildman–Crippen LogP) is 1.72. The van der Waals surface area contributed by atoms with Crippen LogP contribution in [0.4, 0.5) is 8.78 Å². The normalized spacial score (nSPS) is 13.7. The summed E-state index contributed by atoms with van der Waals surface area (Å²) in [6.07, 6.45) is -5.81. The molecule has 1 atom stereocenters. The van der Waals surface area contributed by atoms with Gasteiger partial charge in [-0.15, -0.1) is 4.52 Å².